The smallest absolute Gasteiger partial charge is 0.229 e. The van der Waals surface area contributed by atoms with E-state index >= 15 is 0 Å². The van der Waals surface area contributed by atoms with Gasteiger partial charge in [0.05, 0.1) is 34.7 Å². The van der Waals surface area contributed by atoms with Gasteiger partial charge in [-0.25, -0.2) is 4.98 Å². The van der Waals surface area contributed by atoms with Crippen LogP contribution in [-0.4, -0.2) is 107 Å². The van der Waals surface area contributed by atoms with Crippen LogP contribution in [0.1, 0.15) is 19.8 Å². The fraction of sp³-hybridized carbons (Fsp3) is 0.357. The van der Waals surface area contributed by atoms with Crippen molar-refractivity contribution >= 4 is 68.1 Å². The number of hydrogen-bond acceptors (Lipinski definition) is 10. The molecular weight excluding hydrogens is 787 g/mol. The maximum absolute atomic E-state index is 13.8. The number of hydrogen-bond donors (Lipinski definition) is 3. The molecule has 56 heavy (non-hydrogen) atoms. The van der Waals surface area contributed by atoms with Crippen molar-refractivity contribution in [2.45, 2.75) is 32.4 Å². The van der Waals surface area contributed by atoms with Gasteiger partial charge in [0.25, 0.3) is 0 Å². The molecule has 2 saturated heterocycles. The van der Waals surface area contributed by atoms with Crippen molar-refractivity contribution in [3.63, 3.8) is 0 Å². The molecule has 0 spiro atoms. The zero-order chi connectivity index (χ0) is 39.0. The van der Waals surface area contributed by atoms with E-state index in [1.54, 1.807) is 26.6 Å². The second-order valence-electron chi connectivity index (χ2n) is 15.2. The molecule has 0 amide bonds. The van der Waals surface area contributed by atoms with E-state index < -0.39 is 7.14 Å². The highest BCUT2D eigenvalue weighted by Gasteiger charge is 2.29. The van der Waals surface area contributed by atoms with Gasteiger partial charge in [-0.05, 0) is 91.3 Å². The van der Waals surface area contributed by atoms with Crippen LogP contribution >= 0.6 is 23.1 Å². The average molecular weight is 838 g/mol. The molecular formula is C42H50BrN10O2P. The summed E-state index contributed by atoms with van der Waals surface area (Å²) in [6.07, 6.45) is 9.95. The summed E-state index contributed by atoms with van der Waals surface area (Å²) in [5.74, 6) is 1.62. The van der Waals surface area contributed by atoms with Gasteiger partial charge in [-0.2, -0.15) is 10.1 Å². The number of piperidine rings is 1. The number of piperazine rings is 1. The highest BCUT2D eigenvalue weighted by Crippen LogP contribution is 2.43. The van der Waals surface area contributed by atoms with Crippen molar-refractivity contribution in [2.75, 3.05) is 82.3 Å². The number of para-hydroxylation sites is 1. The number of nitrogens with zero attached hydrogens (tertiary/aromatic N) is 7. The third kappa shape index (κ3) is 7.95. The zero-order valence-corrected chi connectivity index (χ0v) is 35.2. The first-order valence-electron chi connectivity index (χ1n) is 19.3. The maximum atomic E-state index is 13.8. The van der Waals surface area contributed by atoms with Crippen LogP contribution in [0.3, 0.4) is 0 Å². The van der Waals surface area contributed by atoms with Gasteiger partial charge in [-0.15, -0.1) is 0 Å². The molecule has 3 N–H and O–H groups in total. The molecule has 0 bridgehead atoms. The van der Waals surface area contributed by atoms with Gasteiger partial charge >= 0.3 is 0 Å². The van der Waals surface area contributed by atoms with Crippen molar-refractivity contribution in [1.29, 1.82) is 0 Å². The normalized spacial score (nSPS) is 16.1. The Morgan fingerprint density at radius 3 is 2.46 bits per heavy atom. The number of aryl methyl sites for hydroxylation is 1. The lowest BCUT2D eigenvalue weighted by Gasteiger charge is -2.43. The van der Waals surface area contributed by atoms with Crippen LogP contribution in [0.2, 0.25) is 0 Å². The summed E-state index contributed by atoms with van der Waals surface area (Å²) in [5, 5.41) is 13.4. The number of benzene rings is 3. The Bertz CT molecular complexity index is 2390. The number of halogens is 1. The third-order valence-electron chi connectivity index (χ3n) is 11.2. The van der Waals surface area contributed by atoms with Crippen molar-refractivity contribution in [2.24, 2.45) is 0 Å². The molecule has 3 aromatic heterocycles. The Balaban J connectivity index is 1.08. The topological polar surface area (TPSA) is 119 Å². The van der Waals surface area contributed by atoms with Crippen molar-refractivity contribution in [1.82, 2.24) is 34.5 Å². The highest BCUT2D eigenvalue weighted by atomic mass is 79.9. The molecule has 8 rings (SSSR count). The molecule has 6 aromatic rings. The van der Waals surface area contributed by atoms with Gasteiger partial charge in [0, 0.05) is 104 Å². The van der Waals surface area contributed by atoms with Gasteiger partial charge in [0.15, 0.2) is 0 Å². The van der Waals surface area contributed by atoms with Crippen LogP contribution < -0.4 is 25.6 Å². The number of methoxy groups -OCH3 is 1. The molecule has 292 valence electrons. The number of aromatic amines is 1. The largest absolute Gasteiger partial charge is 0.494 e. The summed E-state index contributed by atoms with van der Waals surface area (Å²) in [4.78, 5) is 20.5. The van der Waals surface area contributed by atoms with Gasteiger partial charge in [-0.3, -0.25) is 9.58 Å². The monoisotopic (exact) mass is 836 g/mol. The van der Waals surface area contributed by atoms with Gasteiger partial charge in [0.1, 0.15) is 18.7 Å². The van der Waals surface area contributed by atoms with Crippen LogP contribution in [0.25, 0.3) is 33.2 Å². The number of likely N-dealkylation sites (N-methyl/N-ethyl adjacent to an activating group) is 1. The molecule has 0 atom stereocenters. The first-order chi connectivity index (χ1) is 27.1. The molecule has 2 aliphatic heterocycles. The standard InChI is InChI=1S/C42H50BrN10O2P/c1-6-53-27-30(25-46-53)33-23-36(38(55-3)24-37(33)52-16-13-31(14-17-52)51-20-18-50(2)19-21-51)48-42-45-26-34(43)41(49-42)47-35-11-10-29(22-39(35)56(4,5)54)32-9-7-8-28-12-15-44-40(28)32/h7-12,15,22-27,31,44H,6,13-14,16-21H2,1-5H3,(H2,45,47,48,49). The van der Waals surface area contributed by atoms with E-state index in [1.807, 2.05) is 35.3 Å². The van der Waals surface area contributed by atoms with Crippen molar-refractivity contribution in [3.8, 4) is 28.0 Å². The molecule has 0 saturated carbocycles. The quantitative estimate of drug-likeness (QED) is 0.110. The number of aromatic nitrogens is 5. The Morgan fingerprint density at radius 2 is 1.73 bits per heavy atom. The molecule has 2 fully saturated rings. The van der Waals surface area contributed by atoms with E-state index in [1.165, 1.54) is 0 Å². The van der Waals surface area contributed by atoms with Gasteiger partial charge in [0.2, 0.25) is 5.95 Å². The SMILES string of the molecule is CCn1cc(-c2cc(Nc3ncc(Br)c(Nc4ccc(-c5cccc6cc[nH]c56)cc4P(C)(C)=O)n3)c(OC)cc2N2CCC(N3CCN(C)CC3)CC2)cn1. The third-order valence-corrected chi connectivity index (χ3v) is 13.3. The predicted octanol–water partition coefficient (Wildman–Crippen LogP) is 8.23. The summed E-state index contributed by atoms with van der Waals surface area (Å²) < 4.78 is 22.4. The van der Waals surface area contributed by atoms with E-state index in [4.69, 9.17) is 9.72 Å². The Hall–Kier alpha value is -4.68. The summed E-state index contributed by atoms with van der Waals surface area (Å²) >= 11 is 3.65. The molecule has 0 radical (unpaired) electrons. The number of ether oxygens (including phenoxy) is 1. The lowest BCUT2D eigenvalue weighted by molar-refractivity contribution is 0.0982. The Kier molecular flexibility index (Phi) is 11.0. The number of rotatable bonds is 11. The number of anilines is 5. The Labute approximate surface area is 337 Å². The lowest BCUT2D eigenvalue weighted by atomic mass is 9.98. The minimum atomic E-state index is -2.72. The lowest BCUT2D eigenvalue weighted by Crippen LogP contribution is -2.52. The predicted molar refractivity (Wildman–Crippen MR) is 233 cm³/mol. The highest BCUT2D eigenvalue weighted by molar-refractivity contribution is 9.10. The van der Waals surface area contributed by atoms with E-state index in [-0.39, 0.29) is 0 Å². The van der Waals surface area contributed by atoms with E-state index in [0.29, 0.717) is 28.0 Å². The fourth-order valence-corrected chi connectivity index (χ4v) is 9.45. The van der Waals surface area contributed by atoms with E-state index in [0.717, 1.165) is 114 Å². The van der Waals surface area contributed by atoms with Crippen LogP contribution in [0, 0.1) is 0 Å². The maximum Gasteiger partial charge on any atom is 0.229 e. The first kappa shape index (κ1) is 38.2. The molecule has 5 heterocycles. The molecule has 14 heteroatoms. The summed E-state index contributed by atoms with van der Waals surface area (Å²) in [6, 6.07) is 19.2. The summed E-state index contributed by atoms with van der Waals surface area (Å²) in [6.45, 7) is 13.0. The molecule has 12 nitrogen and oxygen atoms in total. The van der Waals surface area contributed by atoms with Gasteiger partial charge in [-0.1, -0.05) is 24.3 Å². The van der Waals surface area contributed by atoms with Crippen LogP contribution in [0.5, 0.6) is 5.75 Å². The van der Waals surface area contributed by atoms with Crippen LogP contribution in [0.4, 0.5) is 28.8 Å². The summed E-state index contributed by atoms with van der Waals surface area (Å²) in [5.41, 5.74) is 7.80. The minimum absolute atomic E-state index is 0.387. The van der Waals surface area contributed by atoms with Crippen molar-refractivity contribution < 1.29 is 9.30 Å². The molecule has 2 aliphatic rings. The minimum Gasteiger partial charge on any atom is -0.494 e. The molecule has 0 aliphatic carbocycles. The van der Waals surface area contributed by atoms with Crippen molar-refractivity contribution in [3.05, 3.63) is 83.9 Å². The molecule has 3 aromatic carbocycles. The zero-order valence-electron chi connectivity index (χ0n) is 32.7. The molecule has 0 unspecified atom stereocenters. The second-order valence-corrected chi connectivity index (χ2v) is 19.2. The van der Waals surface area contributed by atoms with Gasteiger partial charge < -0.3 is 34.7 Å². The second kappa shape index (κ2) is 16.1. The number of H-pyrrole nitrogens is 1. The number of nitrogens with one attached hydrogen (secondary N) is 3. The van der Waals surface area contributed by atoms with E-state index in [2.05, 4.69) is 113 Å². The fourth-order valence-electron chi connectivity index (χ4n) is 8.00. The Morgan fingerprint density at radius 1 is 0.929 bits per heavy atom. The van der Waals surface area contributed by atoms with E-state index in [9.17, 15) is 4.57 Å². The first-order valence-corrected chi connectivity index (χ1v) is 22.7. The van der Waals surface area contributed by atoms with Crippen LogP contribution in [-0.2, 0) is 11.1 Å². The van der Waals surface area contributed by atoms with Crippen LogP contribution in [0.15, 0.2) is 83.9 Å². The number of fused-ring (bicyclic) bond motifs is 1. The average Bonchev–Trinajstić information content (AvgIpc) is 3.90. The summed E-state index contributed by atoms with van der Waals surface area (Å²) in [7, 11) is 1.19.